The van der Waals surface area contributed by atoms with Gasteiger partial charge in [-0.2, -0.15) is 0 Å². The highest BCUT2D eigenvalue weighted by molar-refractivity contribution is 7.48. The van der Waals surface area contributed by atoms with Gasteiger partial charge in [-0.25, -0.2) is 9.36 Å². The Bertz CT molecular complexity index is 478. The highest BCUT2D eigenvalue weighted by atomic mass is 31.2. The van der Waals surface area contributed by atoms with Crippen molar-refractivity contribution in [2.45, 2.75) is 37.1 Å². The molecule has 3 rings (SSSR count). The molecule has 120 valence electrons. The summed E-state index contributed by atoms with van der Waals surface area (Å²) in [5.74, 6) is 0. The lowest BCUT2D eigenvalue weighted by Gasteiger charge is -2.36. The summed E-state index contributed by atoms with van der Waals surface area (Å²) >= 11 is 0. The quantitative estimate of drug-likeness (QED) is 0.560. The van der Waals surface area contributed by atoms with Gasteiger partial charge in [-0.05, 0) is 6.42 Å². The zero-order chi connectivity index (χ0) is 15.2. The highest BCUT2D eigenvalue weighted by Crippen LogP contribution is 2.60. The fourth-order valence-corrected chi connectivity index (χ4v) is 3.99. The smallest absolute Gasteiger partial charge is 0.394 e. The second-order valence-corrected chi connectivity index (χ2v) is 6.74. The third kappa shape index (κ3) is 2.57. The summed E-state index contributed by atoms with van der Waals surface area (Å²) in [5, 5.41) is 11.9. The molecule has 10 nitrogen and oxygen atoms in total. The summed E-state index contributed by atoms with van der Waals surface area (Å²) in [6.07, 6.45) is -2.97. The number of nitrogens with zero attached hydrogens (tertiary/aromatic N) is 1. The summed E-state index contributed by atoms with van der Waals surface area (Å²) in [7, 11) is -2.47. The molecule has 11 heteroatoms. The average Bonchev–Trinajstić information content (AvgIpc) is 2.94. The van der Waals surface area contributed by atoms with Crippen molar-refractivity contribution in [3.05, 3.63) is 0 Å². The van der Waals surface area contributed by atoms with Crippen LogP contribution < -0.4 is 11.1 Å². The average molecular weight is 323 g/mol. The Hall–Kier alpha value is -0.740. The van der Waals surface area contributed by atoms with Gasteiger partial charge in [0.25, 0.3) is 0 Å². The van der Waals surface area contributed by atoms with Gasteiger partial charge in [-0.1, -0.05) is 0 Å². The van der Waals surface area contributed by atoms with Crippen molar-refractivity contribution < 1.29 is 32.8 Å². The van der Waals surface area contributed by atoms with Crippen LogP contribution in [0.1, 0.15) is 6.42 Å². The van der Waals surface area contributed by atoms with Crippen LogP contribution in [0.4, 0.5) is 4.79 Å². The van der Waals surface area contributed by atoms with Crippen molar-refractivity contribution in [2.24, 2.45) is 5.73 Å². The van der Waals surface area contributed by atoms with Crippen LogP contribution in [0.25, 0.3) is 0 Å². The predicted molar refractivity (Wildman–Crippen MR) is 67.9 cm³/mol. The van der Waals surface area contributed by atoms with Gasteiger partial charge in [-0.15, -0.1) is 0 Å². The lowest BCUT2D eigenvalue weighted by molar-refractivity contribution is -0.0879. The number of hydrogen-bond acceptors (Lipinski definition) is 8. The summed E-state index contributed by atoms with van der Waals surface area (Å²) in [6, 6.07) is -0.404. The van der Waals surface area contributed by atoms with Crippen LogP contribution in [0.3, 0.4) is 0 Å². The molecule has 3 aliphatic heterocycles. The number of fused-ring (bicyclic) bond motifs is 1. The molecule has 6 unspecified atom stereocenters. The Morgan fingerprint density at radius 3 is 2.86 bits per heavy atom. The molecule has 21 heavy (non-hydrogen) atoms. The van der Waals surface area contributed by atoms with E-state index in [0.717, 1.165) is 0 Å². The Labute approximate surface area is 121 Å². The maximum Gasteiger partial charge on any atom is 0.475 e. The maximum atomic E-state index is 12.1. The van der Waals surface area contributed by atoms with Crippen LogP contribution in [0.5, 0.6) is 0 Å². The van der Waals surface area contributed by atoms with E-state index < -0.39 is 44.6 Å². The predicted octanol–water partition coefficient (Wildman–Crippen LogP) is -1.06. The number of ether oxygens (including phenoxy) is 1. The molecule has 0 bridgehead atoms. The Balaban J connectivity index is 1.80. The molecule has 0 aromatic rings. The molecule has 3 saturated heterocycles. The molecule has 0 aromatic carbocycles. The van der Waals surface area contributed by atoms with Crippen molar-refractivity contribution >= 4 is 13.9 Å². The van der Waals surface area contributed by atoms with Crippen molar-refractivity contribution in [3.63, 3.8) is 0 Å². The van der Waals surface area contributed by atoms with Gasteiger partial charge in [0.05, 0.1) is 12.8 Å². The SMILES string of the molecule is COP1(=O)OC2C(CO)OC(N3CCC(N)NC3=O)C2O1. The minimum Gasteiger partial charge on any atom is -0.394 e. The number of carbonyl (C=O) groups is 1. The summed E-state index contributed by atoms with van der Waals surface area (Å²) in [4.78, 5) is 13.4. The normalized spacial score (nSPS) is 46.5. The number of hydrogen-bond donors (Lipinski definition) is 3. The van der Waals surface area contributed by atoms with Gasteiger partial charge in [0.15, 0.2) is 6.23 Å². The van der Waals surface area contributed by atoms with E-state index >= 15 is 0 Å². The molecule has 0 spiro atoms. The largest absolute Gasteiger partial charge is 0.475 e. The Morgan fingerprint density at radius 2 is 2.24 bits per heavy atom. The van der Waals surface area contributed by atoms with Crippen molar-refractivity contribution in [2.75, 3.05) is 20.3 Å². The van der Waals surface area contributed by atoms with E-state index in [2.05, 4.69) is 5.32 Å². The number of nitrogens with two attached hydrogens (primary N) is 1. The molecule has 0 radical (unpaired) electrons. The van der Waals surface area contributed by atoms with E-state index in [4.69, 9.17) is 24.0 Å². The Morgan fingerprint density at radius 1 is 1.52 bits per heavy atom. The number of nitrogens with one attached hydrogen (secondary N) is 1. The van der Waals surface area contributed by atoms with Gasteiger partial charge >= 0.3 is 13.9 Å². The fraction of sp³-hybridized carbons (Fsp3) is 0.900. The first kappa shape index (κ1) is 15.2. The summed E-state index contributed by atoms with van der Waals surface area (Å²) in [5.41, 5.74) is 5.65. The van der Waals surface area contributed by atoms with Crippen LogP contribution in [-0.2, 0) is 22.9 Å². The van der Waals surface area contributed by atoms with Gasteiger partial charge in [0.2, 0.25) is 0 Å². The van der Waals surface area contributed by atoms with E-state index in [-0.39, 0.29) is 6.61 Å². The van der Waals surface area contributed by atoms with Gasteiger partial charge in [-0.3, -0.25) is 18.5 Å². The molecule has 2 amide bonds. The lowest BCUT2D eigenvalue weighted by atomic mass is 10.1. The molecule has 0 saturated carbocycles. The third-order valence-corrected chi connectivity index (χ3v) is 5.20. The molecular formula is C10H18N3O7P. The van der Waals surface area contributed by atoms with Gasteiger partial charge in [0.1, 0.15) is 18.3 Å². The van der Waals surface area contributed by atoms with E-state index in [1.807, 2.05) is 0 Å². The van der Waals surface area contributed by atoms with Gasteiger partial charge in [0, 0.05) is 13.7 Å². The molecule has 3 fully saturated rings. The first-order valence-electron chi connectivity index (χ1n) is 6.59. The fourth-order valence-electron chi connectivity index (χ4n) is 2.69. The maximum absolute atomic E-state index is 12.1. The number of urea groups is 1. The standard InChI is InChI=1S/C10H18N3O7P/c1-17-21(16)19-7-5(4-14)18-9(8(7)20-21)13-3-2-6(11)12-10(13)15/h5-9,14H,2-4,11H2,1H3,(H,12,15). The highest BCUT2D eigenvalue weighted by Gasteiger charge is 2.60. The Kier molecular flexibility index (Phi) is 3.95. The van der Waals surface area contributed by atoms with E-state index in [9.17, 15) is 14.5 Å². The van der Waals surface area contributed by atoms with Crippen LogP contribution in [0.15, 0.2) is 0 Å². The minimum atomic E-state index is -3.67. The second-order valence-electron chi connectivity index (χ2n) is 5.06. The van der Waals surface area contributed by atoms with Crippen molar-refractivity contribution in [3.8, 4) is 0 Å². The number of carbonyl (C=O) groups excluding carboxylic acids is 1. The van der Waals surface area contributed by atoms with Crippen LogP contribution >= 0.6 is 7.82 Å². The monoisotopic (exact) mass is 323 g/mol. The minimum absolute atomic E-state index is 0.348. The first-order chi connectivity index (χ1) is 9.97. The number of rotatable bonds is 3. The van der Waals surface area contributed by atoms with Gasteiger partial charge < -0.3 is 20.9 Å². The molecule has 4 N–H and O–H groups in total. The van der Waals surface area contributed by atoms with Crippen LogP contribution in [0, 0.1) is 0 Å². The lowest BCUT2D eigenvalue weighted by Crippen LogP contribution is -2.60. The molecule has 0 aromatic heterocycles. The molecule has 3 heterocycles. The van der Waals surface area contributed by atoms with E-state index in [0.29, 0.717) is 13.0 Å². The van der Waals surface area contributed by atoms with Crippen molar-refractivity contribution in [1.82, 2.24) is 10.2 Å². The number of amides is 2. The third-order valence-electron chi connectivity index (χ3n) is 3.75. The summed E-state index contributed by atoms with van der Waals surface area (Å²) < 4.78 is 33.0. The number of aliphatic hydroxyl groups is 1. The number of aliphatic hydroxyl groups excluding tert-OH is 1. The van der Waals surface area contributed by atoms with Crippen molar-refractivity contribution in [1.29, 1.82) is 0 Å². The second kappa shape index (κ2) is 5.47. The molecule has 3 aliphatic rings. The van der Waals surface area contributed by atoms with Crippen LogP contribution in [-0.4, -0.2) is 67.0 Å². The molecular weight excluding hydrogens is 305 g/mol. The zero-order valence-corrected chi connectivity index (χ0v) is 12.3. The number of phosphoric acid groups is 1. The van der Waals surface area contributed by atoms with E-state index in [1.54, 1.807) is 0 Å². The number of phosphoric ester groups is 1. The first-order valence-corrected chi connectivity index (χ1v) is 8.05. The summed E-state index contributed by atoms with van der Waals surface area (Å²) in [6.45, 7) is 0.0133. The zero-order valence-electron chi connectivity index (χ0n) is 11.4. The molecule has 6 atom stereocenters. The topological polar surface area (TPSA) is 133 Å². The van der Waals surface area contributed by atoms with E-state index in [1.165, 1.54) is 12.0 Å². The molecule has 0 aliphatic carbocycles. The van der Waals surface area contributed by atoms with Crippen LogP contribution in [0.2, 0.25) is 0 Å².